The molecule has 0 unspecified atom stereocenters. The van der Waals surface area contributed by atoms with Crippen molar-refractivity contribution in [2.45, 2.75) is 6.92 Å². The molecule has 0 bridgehead atoms. The van der Waals surface area contributed by atoms with E-state index in [4.69, 9.17) is 18.9 Å². The number of hydrogen-bond acceptors (Lipinski definition) is 6. The van der Waals surface area contributed by atoms with Gasteiger partial charge >= 0.3 is 0 Å². The van der Waals surface area contributed by atoms with E-state index in [1.165, 1.54) is 34.5 Å². The molecule has 0 spiro atoms. The van der Waals surface area contributed by atoms with Crippen LogP contribution in [0.3, 0.4) is 0 Å². The number of hydrogen-bond donors (Lipinski definition) is 1. The molecule has 6 nitrogen and oxygen atoms in total. The fourth-order valence-corrected chi connectivity index (χ4v) is 2.52. The van der Waals surface area contributed by atoms with Gasteiger partial charge in [0.25, 0.3) is 0 Å². The molecule has 0 atom stereocenters. The first-order valence-corrected chi connectivity index (χ1v) is 7.85. The molecule has 26 heavy (non-hydrogen) atoms. The first-order valence-electron chi connectivity index (χ1n) is 7.85. The van der Waals surface area contributed by atoms with Gasteiger partial charge in [0.1, 0.15) is 0 Å². The van der Waals surface area contributed by atoms with Crippen molar-refractivity contribution in [3.63, 3.8) is 0 Å². The lowest BCUT2D eigenvalue weighted by Crippen LogP contribution is -2.01. The average Bonchev–Trinajstić information content (AvgIpc) is 2.66. The zero-order chi connectivity index (χ0) is 19.3. The molecule has 2 aromatic carbocycles. The fraction of sp³-hybridized carbons (Fsp3) is 0.250. The first-order chi connectivity index (χ1) is 12.4. The SMILES string of the molecule is COc1ccc(C(C)=CC(=O)c2cc(OC)c(OC)c(OC)c2)cc1O. The van der Waals surface area contributed by atoms with Gasteiger partial charge in [0.2, 0.25) is 5.75 Å². The Bertz CT molecular complexity index is 813. The molecule has 6 heteroatoms. The van der Waals surface area contributed by atoms with Crippen molar-refractivity contribution >= 4 is 11.4 Å². The molecule has 0 saturated carbocycles. The molecular weight excluding hydrogens is 336 g/mol. The Morgan fingerprint density at radius 1 is 0.846 bits per heavy atom. The minimum atomic E-state index is -0.225. The Morgan fingerprint density at radius 2 is 1.42 bits per heavy atom. The maximum Gasteiger partial charge on any atom is 0.203 e. The van der Waals surface area contributed by atoms with Crippen LogP contribution in [0.5, 0.6) is 28.7 Å². The smallest absolute Gasteiger partial charge is 0.203 e. The zero-order valence-corrected chi connectivity index (χ0v) is 15.5. The number of allylic oxidation sites excluding steroid dienone is 2. The van der Waals surface area contributed by atoms with Crippen LogP contribution in [0.2, 0.25) is 0 Å². The van der Waals surface area contributed by atoms with Crippen molar-refractivity contribution in [3.05, 3.63) is 47.5 Å². The van der Waals surface area contributed by atoms with Crippen LogP contribution in [-0.2, 0) is 0 Å². The van der Waals surface area contributed by atoms with Crippen LogP contribution < -0.4 is 18.9 Å². The standard InChI is InChI=1S/C20H22O6/c1-12(13-6-7-17(23-2)16(22)9-13)8-15(21)14-10-18(24-3)20(26-5)19(11-14)25-4/h6-11,22H,1-5H3. The lowest BCUT2D eigenvalue weighted by Gasteiger charge is -2.13. The Hall–Kier alpha value is -3.15. The van der Waals surface area contributed by atoms with Crippen LogP contribution in [0.15, 0.2) is 36.4 Å². The molecule has 2 aromatic rings. The second-order valence-corrected chi connectivity index (χ2v) is 5.49. The van der Waals surface area contributed by atoms with E-state index in [0.717, 1.165) is 0 Å². The third-order valence-electron chi connectivity index (χ3n) is 3.93. The molecule has 0 aliphatic heterocycles. The maximum absolute atomic E-state index is 12.7. The molecule has 0 aromatic heterocycles. The third kappa shape index (κ3) is 3.91. The summed E-state index contributed by atoms with van der Waals surface area (Å²) in [6, 6.07) is 8.16. The largest absolute Gasteiger partial charge is 0.504 e. The van der Waals surface area contributed by atoms with Gasteiger partial charge in [-0.3, -0.25) is 4.79 Å². The van der Waals surface area contributed by atoms with Crippen LogP contribution in [0.4, 0.5) is 0 Å². The summed E-state index contributed by atoms with van der Waals surface area (Å²) in [5, 5.41) is 9.90. The molecule has 0 fully saturated rings. The van der Waals surface area contributed by atoms with Gasteiger partial charge in [-0.05, 0) is 48.4 Å². The first kappa shape index (κ1) is 19.2. The van der Waals surface area contributed by atoms with Crippen LogP contribution in [0.1, 0.15) is 22.8 Å². The van der Waals surface area contributed by atoms with E-state index in [1.54, 1.807) is 37.3 Å². The zero-order valence-electron chi connectivity index (χ0n) is 15.5. The van der Waals surface area contributed by atoms with Crippen molar-refractivity contribution < 1.29 is 28.8 Å². The van der Waals surface area contributed by atoms with E-state index in [9.17, 15) is 9.90 Å². The van der Waals surface area contributed by atoms with Crippen molar-refractivity contribution in [2.75, 3.05) is 28.4 Å². The Labute approximate surface area is 152 Å². The van der Waals surface area contributed by atoms with Gasteiger partial charge in [0.15, 0.2) is 28.8 Å². The van der Waals surface area contributed by atoms with Gasteiger partial charge < -0.3 is 24.1 Å². The van der Waals surface area contributed by atoms with E-state index >= 15 is 0 Å². The normalized spacial score (nSPS) is 11.0. The van der Waals surface area contributed by atoms with Crippen molar-refractivity contribution in [1.82, 2.24) is 0 Å². The molecule has 2 rings (SSSR count). The number of phenols is 1. The summed E-state index contributed by atoms with van der Waals surface area (Å²) in [6.45, 7) is 1.79. The number of carbonyl (C=O) groups is 1. The minimum Gasteiger partial charge on any atom is -0.504 e. The monoisotopic (exact) mass is 358 g/mol. The summed E-state index contributed by atoms with van der Waals surface area (Å²) in [6.07, 6.45) is 1.49. The Kier molecular flexibility index (Phi) is 6.11. The summed E-state index contributed by atoms with van der Waals surface area (Å²) in [5.41, 5.74) is 1.81. The molecule has 0 amide bonds. The van der Waals surface area contributed by atoms with E-state index in [2.05, 4.69) is 0 Å². The Morgan fingerprint density at radius 3 is 1.88 bits per heavy atom. The number of rotatable bonds is 7. The second-order valence-electron chi connectivity index (χ2n) is 5.49. The van der Waals surface area contributed by atoms with Crippen LogP contribution >= 0.6 is 0 Å². The minimum absolute atomic E-state index is 0.0120. The summed E-state index contributed by atoms with van der Waals surface area (Å²) in [7, 11) is 5.97. The second kappa shape index (κ2) is 8.29. The van der Waals surface area contributed by atoms with E-state index in [-0.39, 0.29) is 11.5 Å². The highest BCUT2D eigenvalue weighted by Crippen LogP contribution is 2.38. The van der Waals surface area contributed by atoms with Gasteiger partial charge in [-0.2, -0.15) is 0 Å². The number of carbonyl (C=O) groups excluding carboxylic acids is 1. The highest BCUT2D eigenvalue weighted by atomic mass is 16.5. The summed E-state index contributed by atoms with van der Waals surface area (Å²) in [5.74, 6) is 1.39. The van der Waals surface area contributed by atoms with Crippen molar-refractivity contribution in [3.8, 4) is 28.7 Å². The number of ether oxygens (including phenoxy) is 4. The summed E-state index contributed by atoms with van der Waals surface area (Å²) in [4.78, 5) is 12.7. The van der Waals surface area contributed by atoms with Crippen LogP contribution in [0, 0.1) is 0 Å². The third-order valence-corrected chi connectivity index (χ3v) is 3.93. The summed E-state index contributed by atoms with van der Waals surface area (Å²) < 4.78 is 20.8. The van der Waals surface area contributed by atoms with Gasteiger partial charge in [-0.25, -0.2) is 0 Å². The van der Waals surface area contributed by atoms with Crippen molar-refractivity contribution in [2.24, 2.45) is 0 Å². The van der Waals surface area contributed by atoms with E-state index in [1.807, 2.05) is 0 Å². The molecule has 0 saturated heterocycles. The number of methoxy groups -OCH3 is 4. The summed E-state index contributed by atoms with van der Waals surface area (Å²) >= 11 is 0. The predicted molar refractivity (Wildman–Crippen MR) is 98.7 cm³/mol. The van der Waals surface area contributed by atoms with Gasteiger partial charge in [0, 0.05) is 5.56 Å². The molecule has 138 valence electrons. The highest BCUT2D eigenvalue weighted by molar-refractivity contribution is 6.09. The van der Waals surface area contributed by atoms with Crippen LogP contribution in [-0.4, -0.2) is 39.3 Å². The number of benzene rings is 2. The number of aromatic hydroxyl groups is 1. The van der Waals surface area contributed by atoms with E-state index in [0.29, 0.717) is 39.7 Å². The quantitative estimate of drug-likeness (QED) is 0.601. The van der Waals surface area contributed by atoms with Gasteiger partial charge in [0.05, 0.1) is 28.4 Å². The van der Waals surface area contributed by atoms with Crippen LogP contribution in [0.25, 0.3) is 5.57 Å². The average molecular weight is 358 g/mol. The Balaban J connectivity index is 2.39. The topological polar surface area (TPSA) is 74.2 Å². The van der Waals surface area contributed by atoms with Gasteiger partial charge in [-0.1, -0.05) is 6.07 Å². The molecule has 1 N–H and O–H groups in total. The molecule has 0 aliphatic carbocycles. The maximum atomic E-state index is 12.7. The predicted octanol–water partition coefficient (Wildman–Crippen LogP) is 3.71. The molecule has 0 aliphatic rings. The highest BCUT2D eigenvalue weighted by Gasteiger charge is 2.16. The number of phenolic OH excluding ortho intramolecular Hbond substituents is 1. The molecule has 0 heterocycles. The van der Waals surface area contributed by atoms with Crippen molar-refractivity contribution in [1.29, 1.82) is 0 Å². The van der Waals surface area contributed by atoms with Gasteiger partial charge in [-0.15, -0.1) is 0 Å². The number of ketones is 1. The lowest BCUT2D eigenvalue weighted by molar-refractivity contribution is 0.104. The molecule has 0 radical (unpaired) electrons. The molecular formula is C20H22O6. The van der Waals surface area contributed by atoms with E-state index < -0.39 is 0 Å². The lowest BCUT2D eigenvalue weighted by atomic mass is 10.0. The fourth-order valence-electron chi connectivity index (χ4n) is 2.52.